The molecule has 0 N–H and O–H groups in total. The van der Waals surface area contributed by atoms with E-state index in [1.54, 1.807) is 6.08 Å². The van der Waals surface area contributed by atoms with E-state index < -0.39 is 0 Å². The molecule has 0 unspecified atom stereocenters. The Morgan fingerprint density at radius 1 is 0.964 bits per heavy atom. The van der Waals surface area contributed by atoms with Crippen molar-refractivity contribution in [3.8, 4) is 5.75 Å². The number of halogens is 1. The fraction of sp³-hybridized carbons (Fsp3) is 0.0909. The lowest BCUT2D eigenvalue weighted by atomic mass is 10.1. The van der Waals surface area contributed by atoms with Gasteiger partial charge in [0, 0.05) is 9.86 Å². The van der Waals surface area contributed by atoms with Gasteiger partial charge in [-0.05, 0) is 40.9 Å². The maximum absolute atomic E-state index is 12.6. The van der Waals surface area contributed by atoms with E-state index in [0.717, 1.165) is 38.3 Å². The first kappa shape index (κ1) is 18.8. The van der Waals surface area contributed by atoms with Crippen LogP contribution in [0.25, 0.3) is 16.8 Å². The average Bonchev–Trinajstić information content (AvgIpc) is 2.97. The zero-order chi connectivity index (χ0) is 19.5. The lowest BCUT2D eigenvalue weighted by Crippen LogP contribution is -2.32. The van der Waals surface area contributed by atoms with E-state index in [4.69, 9.17) is 4.74 Å². The molecule has 3 aromatic rings. The van der Waals surface area contributed by atoms with Crippen molar-refractivity contribution in [3.05, 3.63) is 81.7 Å². The predicted molar refractivity (Wildman–Crippen MR) is 116 cm³/mol. The van der Waals surface area contributed by atoms with Gasteiger partial charge in [-0.2, -0.15) is 0 Å². The highest BCUT2D eigenvalue weighted by molar-refractivity contribution is 9.10. The molecular weight excluding hydrogens is 438 g/mol. The first-order chi connectivity index (χ1) is 13.6. The molecule has 28 heavy (non-hydrogen) atoms. The Hall–Kier alpha value is -2.57. The van der Waals surface area contributed by atoms with Gasteiger partial charge in [-0.15, -0.1) is 0 Å². The Labute approximate surface area is 175 Å². The monoisotopic (exact) mass is 453 g/mol. The molecule has 3 aromatic carbocycles. The van der Waals surface area contributed by atoms with Gasteiger partial charge in [0.2, 0.25) is 0 Å². The van der Waals surface area contributed by atoms with Gasteiger partial charge >= 0.3 is 0 Å². The molecule has 1 saturated heterocycles. The third kappa shape index (κ3) is 3.84. The van der Waals surface area contributed by atoms with Crippen molar-refractivity contribution in [1.82, 2.24) is 4.90 Å². The number of amides is 2. The molecule has 1 fully saturated rings. The summed E-state index contributed by atoms with van der Waals surface area (Å²) in [7, 11) is 0. The molecule has 0 spiro atoms. The first-order valence-electron chi connectivity index (χ1n) is 8.74. The molecule has 0 aliphatic carbocycles. The zero-order valence-corrected chi connectivity index (χ0v) is 17.2. The Morgan fingerprint density at radius 2 is 1.71 bits per heavy atom. The number of fused-ring (bicyclic) bond motifs is 1. The minimum atomic E-state index is -0.285. The minimum Gasteiger partial charge on any atom is -0.491 e. The molecule has 1 heterocycles. The number of ether oxygens (including phenoxy) is 1. The summed E-state index contributed by atoms with van der Waals surface area (Å²) in [6.07, 6.45) is 1.74. The highest BCUT2D eigenvalue weighted by Crippen LogP contribution is 2.33. The summed E-state index contributed by atoms with van der Waals surface area (Å²) < 4.78 is 6.74. The van der Waals surface area contributed by atoms with E-state index in [2.05, 4.69) is 15.9 Å². The fourth-order valence-corrected chi connectivity index (χ4v) is 4.25. The number of benzene rings is 3. The highest BCUT2D eigenvalue weighted by atomic mass is 79.9. The average molecular weight is 454 g/mol. The van der Waals surface area contributed by atoms with Crippen LogP contribution in [0.1, 0.15) is 5.56 Å². The smallest absolute Gasteiger partial charge is 0.293 e. The molecule has 4 nitrogen and oxygen atoms in total. The van der Waals surface area contributed by atoms with Gasteiger partial charge < -0.3 is 4.74 Å². The third-order valence-corrected chi connectivity index (χ3v) is 6.02. The lowest BCUT2D eigenvalue weighted by molar-refractivity contribution is -0.123. The van der Waals surface area contributed by atoms with Crippen LogP contribution in [0.3, 0.4) is 0 Å². The van der Waals surface area contributed by atoms with Crippen LogP contribution in [0, 0.1) is 0 Å². The molecule has 1 aliphatic rings. The molecule has 6 heteroatoms. The molecule has 140 valence electrons. The second kappa shape index (κ2) is 8.20. The highest BCUT2D eigenvalue weighted by Gasteiger charge is 2.34. The van der Waals surface area contributed by atoms with Gasteiger partial charge in [-0.3, -0.25) is 14.5 Å². The molecule has 4 rings (SSSR count). The zero-order valence-electron chi connectivity index (χ0n) is 14.8. The third-order valence-electron chi connectivity index (χ3n) is 4.39. The van der Waals surface area contributed by atoms with Crippen molar-refractivity contribution in [2.24, 2.45) is 0 Å². The van der Waals surface area contributed by atoms with E-state index in [-0.39, 0.29) is 24.3 Å². The maximum atomic E-state index is 12.6. The molecule has 0 atom stereocenters. The van der Waals surface area contributed by atoms with Crippen LogP contribution in [0.5, 0.6) is 5.75 Å². The first-order valence-corrected chi connectivity index (χ1v) is 10.3. The minimum absolute atomic E-state index is 0.210. The molecule has 0 saturated carbocycles. The van der Waals surface area contributed by atoms with Crippen molar-refractivity contribution in [2.75, 3.05) is 13.2 Å². The Balaban J connectivity index is 1.45. The standard InChI is InChI=1S/C22H16BrNO3S/c23-18-10-4-2-7-16(18)14-20-21(25)24(22(26)28-20)12-13-27-19-11-5-8-15-6-1-3-9-17(15)19/h1-11,14H,12-13H2/b20-14-. The summed E-state index contributed by atoms with van der Waals surface area (Å²) in [5.74, 6) is 0.459. The SMILES string of the molecule is O=C1S/C(=C\c2ccccc2Br)C(=O)N1CCOc1cccc2ccccc12. The number of carbonyl (C=O) groups is 2. The lowest BCUT2D eigenvalue weighted by Gasteiger charge is -2.14. The Morgan fingerprint density at radius 3 is 2.57 bits per heavy atom. The summed E-state index contributed by atoms with van der Waals surface area (Å²) >= 11 is 4.41. The van der Waals surface area contributed by atoms with Crippen LogP contribution in [-0.2, 0) is 4.79 Å². The number of hydrogen-bond donors (Lipinski definition) is 0. The molecular formula is C22H16BrNO3S. The summed E-state index contributed by atoms with van der Waals surface area (Å²) in [5.41, 5.74) is 0.861. The number of thioether (sulfide) groups is 1. The van der Waals surface area contributed by atoms with Crippen LogP contribution in [0.2, 0.25) is 0 Å². The van der Waals surface area contributed by atoms with Crippen molar-refractivity contribution in [3.63, 3.8) is 0 Å². The predicted octanol–water partition coefficient (Wildman–Crippen LogP) is 5.72. The topological polar surface area (TPSA) is 46.6 Å². The van der Waals surface area contributed by atoms with Gasteiger partial charge in [-0.1, -0.05) is 70.5 Å². The van der Waals surface area contributed by atoms with E-state index >= 15 is 0 Å². The van der Waals surface area contributed by atoms with Gasteiger partial charge in [0.25, 0.3) is 11.1 Å². The normalized spacial score (nSPS) is 15.6. The van der Waals surface area contributed by atoms with E-state index in [0.29, 0.717) is 4.91 Å². The van der Waals surface area contributed by atoms with Crippen LogP contribution < -0.4 is 4.74 Å². The largest absolute Gasteiger partial charge is 0.491 e. The number of hydrogen-bond acceptors (Lipinski definition) is 4. The van der Waals surface area contributed by atoms with Crippen molar-refractivity contribution < 1.29 is 14.3 Å². The van der Waals surface area contributed by atoms with Gasteiger partial charge in [0.05, 0.1) is 11.4 Å². The van der Waals surface area contributed by atoms with E-state index in [1.165, 1.54) is 4.90 Å². The Bertz CT molecular complexity index is 1090. The summed E-state index contributed by atoms with van der Waals surface area (Å²) in [4.78, 5) is 26.6. The molecule has 0 radical (unpaired) electrons. The molecule has 0 bridgehead atoms. The van der Waals surface area contributed by atoms with Crippen LogP contribution in [0.4, 0.5) is 4.79 Å². The molecule has 1 aliphatic heterocycles. The second-order valence-corrected chi connectivity index (χ2v) is 8.03. The van der Waals surface area contributed by atoms with Crippen molar-refractivity contribution in [1.29, 1.82) is 0 Å². The quantitative estimate of drug-likeness (QED) is 0.463. The van der Waals surface area contributed by atoms with E-state index in [1.807, 2.05) is 66.7 Å². The molecule has 2 amide bonds. The maximum Gasteiger partial charge on any atom is 0.293 e. The van der Waals surface area contributed by atoms with Gasteiger partial charge in [0.1, 0.15) is 12.4 Å². The summed E-state index contributed by atoms with van der Waals surface area (Å²) in [6.45, 7) is 0.454. The molecule has 0 aromatic heterocycles. The fourth-order valence-electron chi connectivity index (χ4n) is 2.99. The Kier molecular flexibility index (Phi) is 5.50. The van der Waals surface area contributed by atoms with Crippen LogP contribution in [-0.4, -0.2) is 29.2 Å². The van der Waals surface area contributed by atoms with Crippen LogP contribution >= 0.6 is 27.7 Å². The number of carbonyl (C=O) groups excluding carboxylic acids is 2. The van der Waals surface area contributed by atoms with E-state index in [9.17, 15) is 9.59 Å². The number of nitrogens with zero attached hydrogens (tertiary/aromatic N) is 1. The van der Waals surface area contributed by atoms with Gasteiger partial charge in [-0.25, -0.2) is 0 Å². The summed E-state index contributed by atoms with van der Waals surface area (Å²) in [5, 5.41) is 1.82. The van der Waals surface area contributed by atoms with Crippen molar-refractivity contribution >= 4 is 55.7 Å². The van der Waals surface area contributed by atoms with Crippen LogP contribution in [0.15, 0.2) is 76.1 Å². The van der Waals surface area contributed by atoms with Crippen molar-refractivity contribution in [2.45, 2.75) is 0 Å². The number of rotatable bonds is 5. The number of imide groups is 1. The second-order valence-electron chi connectivity index (χ2n) is 6.18. The summed E-state index contributed by atoms with van der Waals surface area (Å²) in [6, 6.07) is 21.4. The van der Waals surface area contributed by atoms with Gasteiger partial charge in [0.15, 0.2) is 0 Å².